The number of nitrogens with zero attached hydrogens (tertiary/aromatic N) is 1. The van der Waals surface area contributed by atoms with E-state index in [4.69, 9.17) is 10.3 Å². The molecule has 0 amide bonds. The lowest BCUT2D eigenvalue weighted by Gasteiger charge is -2.07. The van der Waals surface area contributed by atoms with Crippen molar-refractivity contribution in [3.8, 4) is 11.3 Å². The molecule has 0 aliphatic rings. The number of nitrogen functional groups attached to an aromatic ring is 1. The van der Waals surface area contributed by atoms with Crippen LogP contribution in [-0.2, 0) is 0 Å². The molecule has 1 aromatic carbocycles. The maximum absolute atomic E-state index is 13.8. The van der Waals surface area contributed by atoms with Gasteiger partial charge in [0.25, 0.3) is 0 Å². The van der Waals surface area contributed by atoms with Gasteiger partial charge in [-0.15, -0.1) is 0 Å². The van der Waals surface area contributed by atoms with Crippen molar-refractivity contribution < 1.29 is 8.91 Å². The van der Waals surface area contributed by atoms with Crippen LogP contribution in [0.3, 0.4) is 0 Å². The Balaban J connectivity index is 2.69. The highest BCUT2D eigenvalue weighted by Crippen LogP contribution is 2.38. The molecule has 2 rings (SSSR count). The molecule has 0 radical (unpaired) electrons. The first-order chi connectivity index (χ1) is 8.02. The van der Waals surface area contributed by atoms with Crippen LogP contribution in [0.15, 0.2) is 27.2 Å². The van der Waals surface area contributed by atoms with Gasteiger partial charge in [0.15, 0.2) is 11.6 Å². The molecular formula is C12H12BrFN2O. The lowest BCUT2D eigenvalue weighted by molar-refractivity contribution is 0.432. The summed E-state index contributed by atoms with van der Waals surface area (Å²) in [5, 5.41) is 3.71. The molecule has 0 aliphatic heterocycles. The molecule has 17 heavy (non-hydrogen) atoms. The highest BCUT2D eigenvalue weighted by Gasteiger charge is 2.22. The zero-order chi connectivity index (χ0) is 12.6. The van der Waals surface area contributed by atoms with Crippen LogP contribution in [0.25, 0.3) is 11.3 Å². The Hall–Kier alpha value is -1.36. The van der Waals surface area contributed by atoms with Gasteiger partial charge in [-0.05, 0) is 34.0 Å². The van der Waals surface area contributed by atoms with E-state index in [-0.39, 0.29) is 11.7 Å². The number of hydrogen-bond donors (Lipinski definition) is 1. The van der Waals surface area contributed by atoms with Crippen molar-refractivity contribution in [3.63, 3.8) is 0 Å². The molecule has 0 atom stereocenters. The minimum atomic E-state index is -0.363. The van der Waals surface area contributed by atoms with Crippen molar-refractivity contribution in [2.45, 2.75) is 19.8 Å². The summed E-state index contributed by atoms with van der Waals surface area (Å²) in [5.74, 6) is 0.452. The Morgan fingerprint density at radius 2 is 2.12 bits per heavy atom. The lowest BCUT2D eigenvalue weighted by atomic mass is 9.99. The van der Waals surface area contributed by atoms with Gasteiger partial charge in [-0.2, -0.15) is 0 Å². The van der Waals surface area contributed by atoms with Gasteiger partial charge in [0.2, 0.25) is 0 Å². The molecule has 0 bridgehead atoms. The summed E-state index contributed by atoms with van der Waals surface area (Å²) in [4.78, 5) is 0. The second-order valence-corrected chi connectivity index (χ2v) is 4.92. The van der Waals surface area contributed by atoms with Crippen molar-refractivity contribution >= 4 is 21.7 Å². The third-order valence-electron chi connectivity index (χ3n) is 2.52. The van der Waals surface area contributed by atoms with Crippen molar-refractivity contribution in [1.29, 1.82) is 0 Å². The smallest absolute Gasteiger partial charge is 0.176 e. The first kappa shape index (κ1) is 12.1. The topological polar surface area (TPSA) is 52.0 Å². The molecule has 5 heteroatoms. The summed E-state index contributed by atoms with van der Waals surface area (Å²) < 4.78 is 19.6. The third kappa shape index (κ3) is 2.07. The van der Waals surface area contributed by atoms with Crippen LogP contribution >= 0.6 is 15.9 Å². The predicted molar refractivity (Wildman–Crippen MR) is 68.1 cm³/mol. The van der Waals surface area contributed by atoms with Crippen molar-refractivity contribution in [2.24, 2.45) is 0 Å². The average Bonchev–Trinajstić information content (AvgIpc) is 2.60. The van der Waals surface area contributed by atoms with Crippen LogP contribution in [0.1, 0.15) is 25.3 Å². The van der Waals surface area contributed by atoms with Gasteiger partial charge in [-0.3, -0.25) is 0 Å². The number of aromatic nitrogens is 1. The maximum Gasteiger partial charge on any atom is 0.176 e. The minimum Gasteiger partial charge on any atom is -0.381 e. The highest BCUT2D eigenvalue weighted by molar-refractivity contribution is 9.10. The molecule has 0 saturated heterocycles. The fourth-order valence-corrected chi connectivity index (χ4v) is 2.28. The summed E-state index contributed by atoms with van der Waals surface area (Å²) in [6, 6.07) is 4.75. The average molecular weight is 299 g/mol. The molecule has 2 N–H and O–H groups in total. The molecular weight excluding hydrogens is 287 g/mol. The van der Waals surface area contributed by atoms with E-state index in [9.17, 15) is 4.39 Å². The van der Waals surface area contributed by atoms with Crippen LogP contribution in [-0.4, -0.2) is 5.16 Å². The van der Waals surface area contributed by atoms with Crippen LogP contribution in [0, 0.1) is 5.82 Å². The SMILES string of the molecule is CC(C)c1c(N)noc1-c1c(F)cccc1Br. The van der Waals surface area contributed by atoms with E-state index < -0.39 is 0 Å². The van der Waals surface area contributed by atoms with E-state index in [1.54, 1.807) is 12.1 Å². The summed E-state index contributed by atoms with van der Waals surface area (Å²) >= 11 is 3.31. The van der Waals surface area contributed by atoms with Crippen LogP contribution in [0.5, 0.6) is 0 Å². The minimum absolute atomic E-state index is 0.114. The Morgan fingerprint density at radius 3 is 2.71 bits per heavy atom. The molecule has 0 spiro atoms. The quantitative estimate of drug-likeness (QED) is 0.913. The second kappa shape index (κ2) is 4.49. The summed E-state index contributed by atoms with van der Waals surface area (Å²) in [7, 11) is 0. The molecule has 2 aromatic rings. The Labute approximate surface area is 107 Å². The lowest BCUT2D eigenvalue weighted by Crippen LogP contribution is -1.96. The number of halogens is 2. The predicted octanol–water partition coefficient (Wildman–Crippen LogP) is 3.95. The highest BCUT2D eigenvalue weighted by atomic mass is 79.9. The molecule has 90 valence electrons. The van der Waals surface area contributed by atoms with Gasteiger partial charge in [0, 0.05) is 10.0 Å². The van der Waals surface area contributed by atoms with Crippen molar-refractivity contribution in [3.05, 3.63) is 34.1 Å². The Kier molecular flexibility index (Phi) is 3.19. The number of rotatable bonds is 2. The fourth-order valence-electron chi connectivity index (χ4n) is 1.76. The third-order valence-corrected chi connectivity index (χ3v) is 3.18. The number of hydrogen-bond acceptors (Lipinski definition) is 3. The molecule has 1 heterocycles. The van der Waals surface area contributed by atoms with Crippen LogP contribution < -0.4 is 5.73 Å². The molecule has 3 nitrogen and oxygen atoms in total. The van der Waals surface area contributed by atoms with Crippen LogP contribution in [0.4, 0.5) is 10.2 Å². The first-order valence-corrected chi connectivity index (χ1v) is 6.01. The van der Waals surface area contributed by atoms with Gasteiger partial charge < -0.3 is 10.3 Å². The zero-order valence-corrected chi connectivity index (χ0v) is 11.1. The standard InChI is InChI=1S/C12H12BrFN2O/c1-6(2)9-11(17-16-12(9)15)10-7(13)4-3-5-8(10)14/h3-6H,1-2H3,(H2,15,16). The molecule has 0 unspecified atom stereocenters. The second-order valence-electron chi connectivity index (χ2n) is 4.06. The number of nitrogens with two attached hydrogens (primary N) is 1. The van der Waals surface area contributed by atoms with Gasteiger partial charge in [0.1, 0.15) is 5.82 Å². The van der Waals surface area contributed by atoms with E-state index in [0.717, 1.165) is 5.56 Å². The first-order valence-electron chi connectivity index (χ1n) is 5.21. The Morgan fingerprint density at radius 1 is 1.41 bits per heavy atom. The Bertz CT molecular complexity index is 531. The van der Waals surface area contributed by atoms with E-state index in [1.165, 1.54) is 6.07 Å². The van der Waals surface area contributed by atoms with E-state index in [0.29, 0.717) is 21.6 Å². The van der Waals surface area contributed by atoms with Crippen molar-refractivity contribution in [2.75, 3.05) is 5.73 Å². The number of anilines is 1. The van der Waals surface area contributed by atoms with Crippen molar-refractivity contribution in [1.82, 2.24) is 5.16 Å². The van der Waals surface area contributed by atoms with E-state index >= 15 is 0 Å². The normalized spacial score (nSPS) is 11.1. The van der Waals surface area contributed by atoms with E-state index in [2.05, 4.69) is 21.1 Å². The van der Waals surface area contributed by atoms with Gasteiger partial charge in [-0.25, -0.2) is 4.39 Å². The molecule has 1 aromatic heterocycles. The number of benzene rings is 1. The molecule has 0 saturated carbocycles. The van der Waals surface area contributed by atoms with Gasteiger partial charge in [0.05, 0.1) is 5.56 Å². The van der Waals surface area contributed by atoms with E-state index in [1.807, 2.05) is 13.8 Å². The molecule has 0 fully saturated rings. The largest absolute Gasteiger partial charge is 0.381 e. The van der Waals surface area contributed by atoms with Crippen LogP contribution in [0.2, 0.25) is 0 Å². The molecule has 0 aliphatic carbocycles. The fraction of sp³-hybridized carbons (Fsp3) is 0.250. The monoisotopic (exact) mass is 298 g/mol. The van der Waals surface area contributed by atoms with Gasteiger partial charge in [-0.1, -0.05) is 25.1 Å². The maximum atomic E-state index is 13.8. The van der Waals surface area contributed by atoms with Gasteiger partial charge >= 0.3 is 0 Å². The summed E-state index contributed by atoms with van der Waals surface area (Å²) in [6.07, 6.45) is 0. The zero-order valence-electron chi connectivity index (χ0n) is 9.50. The summed E-state index contributed by atoms with van der Waals surface area (Å²) in [5.41, 5.74) is 6.83. The summed E-state index contributed by atoms with van der Waals surface area (Å²) in [6.45, 7) is 3.92.